The van der Waals surface area contributed by atoms with Crippen molar-refractivity contribution in [3.8, 4) is 0 Å². The molecule has 0 radical (unpaired) electrons. The Hall–Kier alpha value is -6.01. The standard InChI is InChI=1S/C48H61N5O7/c1-32(2)26-40(45(57)51-39(43(49)55)29-35-22-14-8-15-23-35)52-44(56)37(27-33-18-10-6-11-19-33)31-42(54)38(28-34-20-12-7-13-21-34)50-46(58)41(30-36-24-16-9-17-25-36)53-47(59)60-48(3,4)5/h6-25,32,37-42,54H,26-31H2,1-5H3,(H2,49,55)(H,50,58)(H,51,57)(H,52,56)(H,53,59)/t37-,38+,39+,40+,41+,42+/m1/s1. The highest BCUT2D eigenvalue weighted by molar-refractivity contribution is 5.92. The summed E-state index contributed by atoms with van der Waals surface area (Å²) in [4.78, 5) is 67.9. The molecule has 0 bridgehead atoms. The number of carbonyl (C=O) groups is 5. The summed E-state index contributed by atoms with van der Waals surface area (Å²) in [5.74, 6) is -3.13. The average molecular weight is 820 g/mol. The quantitative estimate of drug-likeness (QED) is 0.0666. The molecule has 4 aromatic rings. The van der Waals surface area contributed by atoms with Gasteiger partial charge in [0.15, 0.2) is 0 Å². The highest BCUT2D eigenvalue weighted by Crippen LogP contribution is 2.21. The van der Waals surface area contributed by atoms with Gasteiger partial charge in [0.05, 0.1) is 12.1 Å². The lowest BCUT2D eigenvalue weighted by Gasteiger charge is -2.30. The molecule has 0 aromatic heterocycles. The predicted molar refractivity (Wildman–Crippen MR) is 232 cm³/mol. The van der Waals surface area contributed by atoms with Crippen molar-refractivity contribution < 1.29 is 33.8 Å². The number of aliphatic hydroxyl groups excluding tert-OH is 1. The van der Waals surface area contributed by atoms with Gasteiger partial charge in [0.1, 0.15) is 23.7 Å². The van der Waals surface area contributed by atoms with E-state index in [1.165, 1.54) is 0 Å². The summed E-state index contributed by atoms with van der Waals surface area (Å²) >= 11 is 0. The van der Waals surface area contributed by atoms with Gasteiger partial charge >= 0.3 is 6.09 Å². The molecule has 4 rings (SSSR count). The number of carbonyl (C=O) groups excluding carboxylic acids is 5. The molecule has 4 aromatic carbocycles. The van der Waals surface area contributed by atoms with Crippen LogP contribution >= 0.6 is 0 Å². The Morgan fingerprint density at radius 1 is 0.550 bits per heavy atom. The maximum atomic E-state index is 14.4. The smallest absolute Gasteiger partial charge is 0.408 e. The third kappa shape index (κ3) is 16.3. The number of amides is 5. The van der Waals surface area contributed by atoms with Crippen LogP contribution in [0.2, 0.25) is 0 Å². The summed E-state index contributed by atoms with van der Waals surface area (Å²) < 4.78 is 5.50. The maximum absolute atomic E-state index is 14.4. The minimum absolute atomic E-state index is 0.0102. The lowest BCUT2D eigenvalue weighted by atomic mass is 9.88. The zero-order chi connectivity index (χ0) is 43.7. The summed E-state index contributed by atoms with van der Waals surface area (Å²) in [5, 5.41) is 23.5. The molecule has 6 atom stereocenters. The van der Waals surface area contributed by atoms with E-state index in [0.29, 0.717) is 0 Å². The molecule has 60 heavy (non-hydrogen) atoms. The molecule has 0 saturated heterocycles. The number of benzene rings is 4. The highest BCUT2D eigenvalue weighted by atomic mass is 16.6. The monoisotopic (exact) mass is 819 g/mol. The SMILES string of the molecule is CC(C)C[C@H](NC(=O)[C@H](Cc1ccccc1)C[C@H](O)[C@H](Cc1ccccc1)NC(=O)[C@H](Cc1ccccc1)NC(=O)OC(C)(C)C)C(=O)N[C@@H](Cc1ccccc1)C(N)=O. The molecule has 0 fully saturated rings. The zero-order valence-electron chi connectivity index (χ0n) is 35.3. The second-order valence-electron chi connectivity index (χ2n) is 16.7. The molecule has 12 nitrogen and oxygen atoms in total. The minimum atomic E-state index is -1.25. The molecule has 0 saturated carbocycles. The third-order valence-corrected chi connectivity index (χ3v) is 9.89. The van der Waals surface area contributed by atoms with E-state index in [1.54, 1.807) is 20.8 Å². The van der Waals surface area contributed by atoms with Crippen LogP contribution in [0, 0.1) is 11.8 Å². The number of hydrogen-bond acceptors (Lipinski definition) is 7. The van der Waals surface area contributed by atoms with Gasteiger partial charge in [-0.25, -0.2) is 4.79 Å². The number of aliphatic hydroxyl groups is 1. The number of rotatable bonds is 21. The molecule has 0 spiro atoms. The lowest BCUT2D eigenvalue weighted by Crippen LogP contribution is -2.56. The Bertz CT molecular complexity index is 1960. The van der Waals surface area contributed by atoms with Crippen molar-refractivity contribution in [2.24, 2.45) is 17.6 Å². The average Bonchev–Trinajstić information content (AvgIpc) is 3.20. The number of alkyl carbamates (subject to hydrolysis) is 1. The molecule has 12 heteroatoms. The summed E-state index contributed by atoms with van der Waals surface area (Å²) in [6.45, 7) is 9.04. The van der Waals surface area contributed by atoms with Crippen molar-refractivity contribution in [3.63, 3.8) is 0 Å². The summed E-state index contributed by atoms with van der Waals surface area (Å²) in [6, 6.07) is 33.1. The highest BCUT2D eigenvalue weighted by Gasteiger charge is 2.34. The van der Waals surface area contributed by atoms with Gasteiger partial charge in [-0.05, 0) is 74.6 Å². The van der Waals surface area contributed by atoms with Crippen LogP contribution in [0.5, 0.6) is 0 Å². The molecular weight excluding hydrogens is 759 g/mol. The van der Waals surface area contributed by atoms with E-state index in [-0.39, 0.29) is 44.4 Å². The van der Waals surface area contributed by atoms with Gasteiger partial charge in [-0.1, -0.05) is 135 Å². The molecule has 5 amide bonds. The van der Waals surface area contributed by atoms with Gasteiger partial charge in [-0.15, -0.1) is 0 Å². The molecule has 0 aliphatic heterocycles. The number of hydrogen-bond donors (Lipinski definition) is 6. The van der Waals surface area contributed by atoms with Gasteiger partial charge in [0.2, 0.25) is 23.6 Å². The van der Waals surface area contributed by atoms with Crippen LogP contribution in [-0.4, -0.2) is 70.7 Å². The molecule has 7 N–H and O–H groups in total. The third-order valence-electron chi connectivity index (χ3n) is 9.89. The van der Waals surface area contributed by atoms with Crippen LogP contribution in [0.4, 0.5) is 4.79 Å². The normalized spacial score (nSPS) is 14.4. The number of nitrogens with two attached hydrogens (primary N) is 1. The van der Waals surface area contributed by atoms with E-state index in [2.05, 4.69) is 21.3 Å². The van der Waals surface area contributed by atoms with Crippen molar-refractivity contribution in [3.05, 3.63) is 144 Å². The van der Waals surface area contributed by atoms with Gasteiger partial charge in [0, 0.05) is 18.8 Å². The van der Waals surface area contributed by atoms with Crippen LogP contribution in [0.1, 0.15) is 69.7 Å². The van der Waals surface area contributed by atoms with Crippen molar-refractivity contribution in [2.45, 2.75) is 109 Å². The Balaban J connectivity index is 1.61. The first-order valence-electron chi connectivity index (χ1n) is 20.6. The zero-order valence-corrected chi connectivity index (χ0v) is 35.3. The van der Waals surface area contributed by atoms with Crippen LogP contribution in [-0.2, 0) is 49.6 Å². The first-order valence-corrected chi connectivity index (χ1v) is 20.6. The number of nitrogens with one attached hydrogen (secondary N) is 4. The van der Waals surface area contributed by atoms with Crippen molar-refractivity contribution in [1.29, 1.82) is 0 Å². The molecule has 0 unspecified atom stereocenters. The Labute approximate surface area is 354 Å². The molecule has 320 valence electrons. The molecule has 0 aliphatic rings. The Morgan fingerprint density at radius 3 is 1.42 bits per heavy atom. The van der Waals surface area contributed by atoms with E-state index >= 15 is 0 Å². The van der Waals surface area contributed by atoms with E-state index < -0.39 is 71.5 Å². The predicted octanol–water partition coefficient (Wildman–Crippen LogP) is 5.20. The minimum Gasteiger partial charge on any atom is -0.444 e. The largest absolute Gasteiger partial charge is 0.444 e. The van der Waals surface area contributed by atoms with Gasteiger partial charge < -0.3 is 36.8 Å². The van der Waals surface area contributed by atoms with Gasteiger partial charge in [-0.2, -0.15) is 0 Å². The van der Waals surface area contributed by atoms with E-state index in [0.717, 1.165) is 22.3 Å². The van der Waals surface area contributed by atoms with Crippen molar-refractivity contribution in [1.82, 2.24) is 21.3 Å². The maximum Gasteiger partial charge on any atom is 0.408 e. The first kappa shape index (κ1) is 46.7. The lowest BCUT2D eigenvalue weighted by molar-refractivity contribution is -0.133. The second-order valence-corrected chi connectivity index (χ2v) is 16.7. The molecular formula is C48H61N5O7. The first-order chi connectivity index (χ1) is 28.6. The van der Waals surface area contributed by atoms with E-state index in [9.17, 15) is 29.1 Å². The van der Waals surface area contributed by atoms with E-state index in [4.69, 9.17) is 10.5 Å². The fourth-order valence-corrected chi connectivity index (χ4v) is 6.92. The van der Waals surface area contributed by atoms with Crippen molar-refractivity contribution in [2.75, 3.05) is 0 Å². The fourth-order valence-electron chi connectivity index (χ4n) is 6.92. The van der Waals surface area contributed by atoms with Crippen LogP contribution in [0.25, 0.3) is 0 Å². The van der Waals surface area contributed by atoms with Crippen LogP contribution in [0.15, 0.2) is 121 Å². The number of primary amides is 1. The molecule has 0 aliphatic carbocycles. The van der Waals surface area contributed by atoms with Crippen LogP contribution < -0.4 is 27.0 Å². The summed E-state index contributed by atoms with van der Waals surface area (Å²) in [7, 11) is 0. The summed E-state index contributed by atoms with van der Waals surface area (Å²) in [5.41, 5.74) is 8.19. The van der Waals surface area contributed by atoms with Crippen LogP contribution in [0.3, 0.4) is 0 Å². The van der Waals surface area contributed by atoms with Crippen molar-refractivity contribution >= 4 is 29.7 Å². The van der Waals surface area contributed by atoms with Gasteiger partial charge in [0.25, 0.3) is 0 Å². The van der Waals surface area contributed by atoms with Gasteiger partial charge in [-0.3, -0.25) is 19.2 Å². The second kappa shape index (κ2) is 23.0. The fraction of sp³-hybridized carbons (Fsp3) is 0.396. The summed E-state index contributed by atoms with van der Waals surface area (Å²) in [6.07, 6.45) is -1.06. The Kier molecular flexibility index (Phi) is 17.9. The van der Waals surface area contributed by atoms with E-state index in [1.807, 2.05) is 135 Å². The topological polar surface area (TPSA) is 189 Å². The molecule has 0 heterocycles. The Morgan fingerprint density at radius 2 is 0.967 bits per heavy atom. The number of ether oxygens (including phenoxy) is 1.